The number of rotatable bonds is 4. The first-order chi connectivity index (χ1) is 10.8. The summed E-state index contributed by atoms with van der Waals surface area (Å²) in [6.45, 7) is 5.12. The van der Waals surface area contributed by atoms with Gasteiger partial charge >= 0.3 is 0 Å². The molecule has 2 saturated heterocycles. The van der Waals surface area contributed by atoms with Gasteiger partial charge < -0.3 is 14.4 Å². The molecule has 1 atom stereocenters. The number of ether oxygens (including phenoxy) is 2. The molecule has 1 aromatic rings. The summed E-state index contributed by atoms with van der Waals surface area (Å²) >= 11 is 0. The first-order valence-electron chi connectivity index (χ1n) is 8.35. The van der Waals surface area contributed by atoms with Gasteiger partial charge in [-0.3, -0.25) is 4.79 Å². The maximum absolute atomic E-state index is 12.5. The third kappa shape index (κ3) is 3.68. The molecular formula is C18H25NO3. The van der Waals surface area contributed by atoms with Gasteiger partial charge in [0.2, 0.25) is 5.91 Å². The van der Waals surface area contributed by atoms with Crippen molar-refractivity contribution in [2.75, 3.05) is 26.3 Å². The van der Waals surface area contributed by atoms with Crippen molar-refractivity contribution in [1.29, 1.82) is 0 Å². The van der Waals surface area contributed by atoms with E-state index in [0.29, 0.717) is 25.6 Å². The maximum atomic E-state index is 12.5. The highest BCUT2D eigenvalue weighted by Gasteiger charge is 2.32. The standard InChI is InChI=1S/C18H25NO3/c1-2-14-5-7-15(8-6-14)12-17(20)19-9-3-4-16(13-19)18-21-10-11-22-18/h5-8,16,18H,2-4,9-13H2,1H3/t16-/m0/s1. The van der Waals surface area contributed by atoms with Gasteiger partial charge in [-0.05, 0) is 30.4 Å². The summed E-state index contributed by atoms with van der Waals surface area (Å²) in [7, 11) is 0. The normalized spacial score (nSPS) is 23.0. The number of hydrogen-bond acceptors (Lipinski definition) is 3. The molecule has 3 rings (SSSR count). The Bertz CT molecular complexity index is 494. The third-order valence-corrected chi connectivity index (χ3v) is 4.63. The second-order valence-electron chi connectivity index (χ2n) is 6.20. The van der Waals surface area contributed by atoms with Crippen molar-refractivity contribution in [3.8, 4) is 0 Å². The van der Waals surface area contributed by atoms with E-state index < -0.39 is 0 Å². The van der Waals surface area contributed by atoms with Crippen molar-refractivity contribution >= 4 is 5.91 Å². The average molecular weight is 303 g/mol. The molecule has 4 nitrogen and oxygen atoms in total. The van der Waals surface area contributed by atoms with E-state index in [9.17, 15) is 4.79 Å². The van der Waals surface area contributed by atoms with E-state index in [1.807, 2.05) is 4.90 Å². The Kier molecular flexibility index (Phi) is 5.11. The van der Waals surface area contributed by atoms with Crippen molar-refractivity contribution in [3.63, 3.8) is 0 Å². The zero-order valence-corrected chi connectivity index (χ0v) is 13.3. The molecule has 2 heterocycles. The molecule has 0 unspecified atom stereocenters. The van der Waals surface area contributed by atoms with Gasteiger partial charge in [0.1, 0.15) is 0 Å². The van der Waals surface area contributed by atoms with Crippen LogP contribution in [-0.2, 0) is 27.1 Å². The monoisotopic (exact) mass is 303 g/mol. The van der Waals surface area contributed by atoms with Gasteiger partial charge in [0.25, 0.3) is 0 Å². The highest BCUT2D eigenvalue weighted by atomic mass is 16.7. The van der Waals surface area contributed by atoms with E-state index in [4.69, 9.17) is 9.47 Å². The fraction of sp³-hybridized carbons (Fsp3) is 0.611. The Morgan fingerprint density at radius 3 is 2.55 bits per heavy atom. The van der Waals surface area contributed by atoms with E-state index >= 15 is 0 Å². The zero-order chi connectivity index (χ0) is 15.4. The summed E-state index contributed by atoms with van der Waals surface area (Å²) in [6.07, 6.45) is 3.53. The molecule has 1 aromatic carbocycles. The fourth-order valence-electron chi connectivity index (χ4n) is 3.29. The van der Waals surface area contributed by atoms with Crippen LogP contribution in [0, 0.1) is 5.92 Å². The van der Waals surface area contributed by atoms with Crippen molar-refractivity contribution in [3.05, 3.63) is 35.4 Å². The number of nitrogens with zero attached hydrogens (tertiary/aromatic N) is 1. The summed E-state index contributed by atoms with van der Waals surface area (Å²) in [6, 6.07) is 8.37. The SMILES string of the molecule is CCc1ccc(CC(=O)N2CCC[C@H](C3OCCO3)C2)cc1. The number of carbonyl (C=O) groups excluding carboxylic acids is 1. The smallest absolute Gasteiger partial charge is 0.227 e. The first kappa shape index (κ1) is 15.5. The van der Waals surface area contributed by atoms with Crippen molar-refractivity contribution in [2.45, 2.75) is 38.9 Å². The zero-order valence-electron chi connectivity index (χ0n) is 13.3. The first-order valence-corrected chi connectivity index (χ1v) is 8.35. The number of piperidine rings is 1. The Morgan fingerprint density at radius 1 is 1.18 bits per heavy atom. The third-order valence-electron chi connectivity index (χ3n) is 4.63. The summed E-state index contributed by atoms with van der Waals surface area (Å²) in [4.78, 5) is 14.5. The molecule has 2 aliphatic rings. The Morgan fingerprint density at radius 2 is 1.86 bits per heavy atom. The molecular weight excluding hydrogens is 278 g/mol. The van der Waals surface area contributed by atoms with E-state index in [0.717, 1.165) is 37.9 Å². The van der Waals surface area contributed by atoms with Gasteiger partial charge in [0.15, 0.2) is 6.29 Å². The van der Waals surface area contributed by atoms with E-state index in [1.54, 1.807) is 0 Å². The molecule has 0 bridgehead atoms. The summed E-state index contributed by atoms with van der Waals surface area (Å²) in [5.74, 6) is 0.537. The lowest BCUT2D eigenvalue weighted by Crippen LogP contribution is -2.44. The summed E-state index contributed by atoms with van der Waals surface area (Å²) in [5.41, 5.74) is 2.41. The molecule has 22 heavy (non-hydrogen) atoms. The van der Waals surface area contributed by atoms with Crippen molar-refractivity contribution < 1.29 is 14.3 Å². The molecule has 0 aromatic heterocycles. The lowest BCUT2D eigenvalue weighted by molar-refractivity contribution is -0.138. The van der Waals surface area contributed by atoms with Crippen molar-refractivity contribution in [1.82, 2.24) is 4.90 Å². The van der Waals surface area contributed by atoms with Gasteiger partial charge in [-0.2, -0.15) is 0 Å². The lowest BCUT2D eigenvalue weighted by Gasteiger charge is -2.34. The fourth-order valence-corrected chi connectivity index (χ4v) is 3.29. The summed E-state index contributed by atoms with van der Waals surface area (Å²) < 4.78 is 11.2. The Balaban J connectivity index is 1.56. The van der Waals surface area contributed by atoms with Crippen LogP contribution in [-0.4, -0.2) is 43.4 Å². The highest BCUT2D eigenvalue weighted by molar-refractivity contribution is 5.78. The Labute approximate surface area is 132 Å². The number of likely N-dealkylation sites (tertiary alicyclic amines) is 1. The van der Waals surface area contributed by atoms with Crippen LogP contribution in [0.15, 0.2) is 24.3 Å². The molecule has 2 fully saturated rings. The second kappa shape index (κ2) is 7.25. The lowest BCUT2D eigenvalue weighted by atomic mass is 9.96. The largest absolute Gasteiger partial charge is 0.350 e. The average Bonchev–Trinajstić information content (AvgIpc) is 3.10. The van der Waals surface area contributed by atoms with Crippen LogP contribution in [0.5, 0.6) is 0 Å². The molecule has 1 amide bonds. The molecule has 0 N–H and O–H groups in total. The van der Waals surface area contributed by atoms with Crippen LogP contribution in [0.2, 0.25) is 0 Å². The van der Waals surface area contributed by atoms with Crippen molar-refractivity contribution in [2.24, 2.45) is 5.92 Å². The van der Waals surface area contributed by atoms with Gasteiger partial charge in [0.05, 0.1) is 19.6 Å². The number of benzene rings is 1. The maximum Gasteiger partial charge on any atom is 0.227 e. The molecule has 4 heteroatoms. The van der Waals surface area contributed by atoms with Crippen LogP contribution in [0.1, 0.15) is 30.9 Å². The number of hydrogen-bond donors (Lipinski definition) is 0. The molecule has 120 valence electrons. The predicted octanol–water partition coefficient (Wildman–Crippen LogP) is 2.40. The van der Waals surface area contributed by atoms with Crippen LogP contribution in [0.25, 0.3) is 0 Å². The predicted molar refractivity (Wildman–Crippen MR) is 84.5 cm³/mol. The Hall–Kier alpha value is -1.39. The van der Waals surface area contributed by atoms with Crippen LogP contribution >= 0.6 is 0 Å². The summed E-state index contributed by atoms with van der Waals surface area (Å²) in [5, 5.41) is 0. The number of aryl methyl sites for hydroxylation is 1. The molecule has 2 aliphatic heterocycles. The minimum atomic E-state index is -0.112. The molecule has 0 spiro atoms. The van der Waals surface area contributed by atoms with Crippen LogP contribution < -0.4 is 0 Å². The molecule has 0 saturated carbocycles. The van der Waals surface area contributed by atoms with Gasteiger partial charge in [-0.1, -0.05) is 31.2 Å². The second-order valence-corrected chi connectivity index (χ2v) is 6.20. The van der Waals surface area contributed by atoms with E-state index in [-0.39, 0.29) is 12.2 Å². The number of carbonyl (C=O) groups is 1. The quantitative estimate of drug-likeness (QED) is 0.857. The minimum Gasteiger partial charge on any atom is -0.350 e. The molecule has 0 aliphatic carbocycles. The van der Waals surface area contributed by atoms with Crippen LogP contribution in [0.3, 0.4) is 0 Å². The van der Waals surface area contributed by atoms with E-state index in [1.165, 1.54) is 5.56 Å². The van der Waals surface area contributed by atoms with Gasteiger partial charge in [-0.25, -0.2) is 0 Å². The highest BCUT2D eigenvalue weighted by Crippen LogP contribution is 2.25. The number of amides is 1. The minimum absolute atomic E-state index is 0.112. The van der Waals surface area contributed by atoms with Crippen LogP contribution in [0.4, 0.5) is 0 Å². The topological polar surface area (TPSA) is 38.8 Å². The van der Waals surface area contributed by atoms with Gasteiger partial charge in [-0.15, -0.1) is 0 Å². The van der Waals surface area contributed by atoms with Gasteiger partial charge in [0, 0.05) is 19.0 Å². The molecule has 0 radical (unpaired) electrons. The van der Waals surface area contributed by atoms with E-state index in [2.05, 4.69) is 31.2 Å².